The lowest BCUT2D eigenvalue weighted by atomic mass is 10.0. The molecule has 2 aromatic heterocycles. The Morgan fingerprint density at radius 3 is 2.59 bits per heavy atom. The fraction of sp³-hybridized carbons (Fsp3) is 0.333. The molecule has 15 nitrogen and oxygen atoms in total. The molecular weight excluding hydrogens is 730 g/mol. The maximum Gasteiger partial charge on any atom is 0.354 e. The Hall–Kier alpha value is -2.42. The van der Waals surface area contributed by atoms with Gasteiger partial charge in [0.1, 0.15) is 17.1 Å². The number of carbonyl (C=O) groups is 3. The highest BCUT2D eigenvalue weighted by Crippen LogP contribution is 2.50. The normalized spacial score (nSPS) is 18.9. The quantitative estimate of drug-likeness (QED) is 0.0321. The number of hydrogen-bond acceptors (Lipinski definition) is 14. The van der Waals surface area contributed by atoms with Crippen LogP contribution in [0.25, 0.3) is 5.57 Å². The molecular formula is C21H26IN8O7PS3. The molecule has 8 N–H and O–H groups in total. The maximum atomic E-state index is 13.3. The van der Waals surface area contributed by atoms with Gasteiger partial charge in [-0.2, -0.15) is 0 Å². The molecule has 4 heterocycles. The van der Waals surface area contributed by atoms with E-state index in [1.54, 1.807) is 11.6 Å². The minimum Gasteiger partial charge on any atom is -1.00 e. The standard InChI is InChI=1S/C21H25N8O7PS3.HI/c1-28-13(23)4-12(22)26-21(28)40-7-9-6-38-18-14(17(31)29(18)15(9)19(32)33)27-16(30)10(5-37(34,35-2)36-3)11-8-39-20(24)25-11;/h4-5,8,14,18H,6-7H2,1-3H3,(H7,22,23,24,25,27,30,32,33);1H/b10-5-;/t14-,18-;/m1./s1. The first kappa shape index (κ1) is 33.1. The summed E-state index contributed by atoms with van der Waals surface area (Å²) >= 11 is 3.59. The topological polar surface area (TPSA) is 230 Å². The molecule has 2 atom stereocenters. The highest BCUT2D eigenvalue weighted by atomic mass is 127. The van der Waals surface area contributed by atoms with E-state index in [2.05, 4.69) is 15.3 Å². The molecule has 0 saturated carbocycles. The van der Waals surface area contributed by atoms with Gasteiger partial charge in [0.15, 0.2) is 5.13 Å². The van der Waals surface area contributed by atoms with Gasteiger partial charge in [-0.3, -0.25) is 19.1 Å². The van der Waals surface area contributed by atoms with E-state index in [1.165, 1.54) is 35.0 Å². The molecule has 2 aliphatic rings. The van der Waals surface area contributed by atoms with Crippen molar-refractivity contribution in [3.8, 4) is 0 Å². The van der Waals surface area contributed by atoms with Gasteiger partial charge < -0.3 is 60.6 Å². The number of halogens is 1. The first-order valence-corrected chi connectivity index (χ1v) is 15.8. The van der Waals surface area contributed by atoms with Gasteiger partial charge in [-0.05, 0) is 17.3 Å². The molecule has 222 valence electrons. The van der Waals surface area contributed by atoms with Gasteiger partial charge in [0.05, 0.1) is 24.4 Å². The van der Waals surface area contributed by atoms with Crippen molar-refractivity contribution in [1.29, 1.82) is 0 Å². The summed E-state index contributed by atoms with van der Waals surface area (Å²) in [6.45, 7) is 0. The summed E-state index contributed by atoms with van der Waals surface area (Å²) in [6, 6.07) is 0.464. The van der Waals surface area contributed by atoms with Crippen LogP contribution in [0.3, 0.4) is 0 Å². The highest BCUT2D eigenvalue weighted by Gasteiger charge is 2.54. The predicted molar refractivity (Wildman–Crippen MR) is 151 cm³/mol. The van der Waals surface area contributed by atoms with Gasteiger partial charge in [0.2, 0.25) is 11.6 Å². The number of nitrogen functional groups attached to an aromatic ring is 3. The molecule has 0 aliphatic carbocycles. The number of nitrogens with zero attached hydrogens (tertiary/aromatic N) is 4. The molecule has 0 radical (unpaired) electrons. The third kappa shape index (κ3) is 6.81. The zero-order valence-corrected chi connectivity index (χ0v) is 27.3. The first-order chi connectivity index (χ1) is 18.9. The van der Waals surface area contributed by atoms with Crippen molar-refractivity contribution in [3.63, 3.8) is 0 Å². The molecule has 2 amide bonds. The molecule has 1 saturated heterocycles. The van der Waals surface area contributed by atoms with E-state index in [9.17, 15) is 24.1 Å². The van der Waals surface area contributed by atoms with E-state index in [1.807, 2.05) is 0 Å². The van der Waals surface area contributed by atoms with Crippen LogP contribution in [0, 0.1) is 0 Å². The number of carboxylic acids is 1. The van der Waals surface area contributed by atoms with Crippen LogP contribution in [-0.4, -0.2) is 74.9 Å². The summed E-state index contributed by atoms with van der Waals surface area (Å²) in [6.07, 6.45) is 0. The highest BCUT2D eigenvalue weighted by molar-refractivity contribution is 8.01. The van der Waals surface area contributed by atoms with Crippen LogP contribution >= 0.6 is 42.5 Å². The summed E-state index contributed by atoms with van der Waals surface area (Å²) in [7, 11) is 0.210. The molecule has 0 unspecified atom stereocenters. The lowest BCUT2D eigenvalue weighted by Gasteiger charge is -2.49. The minimum absolute atomic E-state index is 0. The number of thiazole rings is 1. The molecule has 0 bridgehead atoms. The number of thioether (sulfide) groups is 2. The van der Waals surface area contributed by atoms with Crippen molar-refractivity contribution in [2.45, 2.75) is 16.6 Å². The summed E-state index contributed by atoms with van der Waals surface area (Å²) in [5.74, 6) is -0.555. The van der Waals surface area contributed by atoms with Gasteiger partial charge in [0.25, 0.3) is 11.8 Å². The number of carbonyl (C=O) groups excluding carboxylic acids is 2. The monoisotopic (exact) mass is 756 g/mol. The third-order valence-corrected chi connectivity index (χ3v) is 10.7. The molecule has 1 fully saturated rings. The van der Waals surface area contributed by atoms with Gasteiger partial charge in [-0.15, -0.1) is 23.1 Å². The zero-order chi connectivity index (χ0) is 29.4. The van der Waals surface area contributed by atoms with E-state index in [4.69, 9.17) is 26.2 Å². The average molecular weight is 757 g/mol. The third-order valence-electron chi connectivity index (χ3n) is 5.95. The van der Waals surface area contributed by atoms with Crippen molar-refractivity contribution in [1.82, 2.24) is 20.2 Å². The van der Waals surface area contributed by atoms with Crippen LogP contribution in [0.5, 0.6) is 0 Å². The van der Waals surface area contributed by atoms with Crippen molar-refractivity contribution < 1.29 is 61.6 Å². The van der Waals surface area contributed by atoms with Gasteiger partial charge in [-0.25, -0.2) is 14.3 Å². The fourth-order valence-corrected chi connectivity index (χ4v) is 7.84. The lowest BCUT2D eigenvalue weighted by Crippen LogP contribution is -3.00. The number of aromatic nitrogens is 3. The lowest BCUT2D eigenvalue weighted by molar-refractivity contribution is -0.698. The molecule has 2 aromatic rings. The number of fused-ring (bicyclic) bond motifs is 1. The number of anilines is 3. The number of nitrogens with one attached hydrogen (secondary N) is 1. The van der Waals surface area contributed by atoms with Crippen molar-refractivity contribution in [2.24, 2.45) is 7.05 Å². The SMILES string of the molecule is COP(=O)(/C=C(\C(=O)N[C@@H]1C(=O)N2C(C(=O)O)=C(CSc3nc(N)cc(N)[n+]3C)CS[C@H]12)c1csc(N)n1)OC.[I-]. The van der Waals surface area contributed by atoms with Crippen LogP contribution in [0.2, 0.25) is 0 Å². The van der Waals surface area contributed by atoms with Crippen LogP contribution in [0.15, 0.2) is 33.7 Å². The molecule has 0 aromatic carbocycles. The minimum atomic E-state index is -3.81. The second-order valence-corrected chi connectivity index (χ2v) is 13.4. The fourth-order valence-electron chi connectivity index (χ4n) is 3.86. The largest absolute Gasteiger partial charge is 1.00 e. The molecule has 20 heteroatoms. The molecule has 2 aliphatic heterocycles. The van der Waals surface area contributed by atoms with Crippen LogP contribution in [-0.2, 0) is 35.0 Å². The molecule has 4 rings (SSSR count). The first-order valence-electron chi connectivity index (χ1n) is 11.3. The summed E-state index contributed by atoms with van der Waals surface area (Å²) in [5, 5.41) is 14.0. The number of carboxylic acid groups (broad SMARTS) is 1. The summed E-state index contributed by atoms with van der Waals surface area (Å²) < 4.78 is 24.2. The Morgan fingerprint density at radius 2 is 2.00 bits per heavy atom. The molecule has 41 heavy (non-hydrogen) atoms. The number of rotatable bonds is 10. The number of nitrogens with two attached hydrogens (primary N) is 3. The van der Waals surface area contributed by atoms with Crippen molar-refractivity contribution in [3.05, 3.63) is 34.2 Å². The van der Waals surface area contributed by atoms with E-state index in [0.717, 1.165) is 36.3 Å². The number of aliphatic carboxylic acids is 1. The van der Waals surface area contributed by atoms with Crippen LogP contribution in [0.1, 0.15) is 5.69 Å². The predicted octanol–water partition coefficient (Wildman–Crippen LogP) is -2.53. The number of hydrogen-bond donors (Lipinski definition) is 5. The number of β-lactam (4-membered cyclic amide) rings is 1. The Labute approximate surface area is 263 Å². The Bertz CT molecular complexity index is 1500. The second-order valence-electron chi connectivity index (χ2n) is 8.37. The van der Waals surface area contributed by atoms with Crippen molar-refractivity contribution in [2.75, 3.05) is 42.9 Å². The van der Waals surface area contributed by atoms with E-state index in [0.29, 0.717) is 16.5 Å². The Morgan fingerprint density at radius 1 is 1.32 bits per heavy atom. The average Bonchev–Trinajstić information content (AvgIpc) is 3.36. The van der Waals surface area contributed by atoms with Gasteiger partial charge in [0, 0.05) is 36.9 Å². The van der Waals surface area contributed by atoms with Gasteiger partial charge in [-0.1, -0.05) is 4.98 Å². The zero-order valence-electron chi connectivity index (χ0n) is 21.8. The Kier molecular flexibility index (Phi) is 10.7. The van der Waals surface area contributed by atoms with E-state index in [-0.39, 0.29) is 63.4 Å². The second kappa shape index (κ2) is 13.3. The summed E-state index contributed by atoms with van der Waals surface area (Å²) in [4.78, 5) is 48.1. The smallest absolute Gasteiger partial charge is 0.354 e. The Balaban J connectivity index is 0.00000462. The van der Waals surface area contributed by atoms with Crippen LogP contribution < -0.4 is 51.1 Å². The molecule has 0 spiro atoms. The number of amides is 2. The summed E-state index contributed by atoms with van der Waals surface area (Å²) in [5.41, 5.74) is 17.7. The van der Waals surface area contributed by atoms with E-state index < -0.39 is 36.8 Å². The maximum absolute atomic E-state index is 13.3. The van der Waals surface area contributed by atoms with Crippen LogP contribution in [0.4, 0.5) is 16.8 Å². The van der Waals surface area contributed by atoms with E-state index >= 15 is 0 Å². The van der Waals surface area contributed by atoms with Gasteiger partial charge >= 0.3 is 18.7 Å². The van der Waals surface area contributed by atoms with Crippen molar-refractivity contribution >= 4 is 82.6 Å².